The van der Waals surface area contributed by atoms with Gasteiger partial charge in [-0.25, -0.2) is 0 Å². The highest BCUT2D eigenvalue weighted by Gasteiger charge is 2.43. The molecule has 0 N–H and O–H groups in total. The molecule has 4 rings (SSSR count). The Bertz CT molecular complexity index is 1070. The summed E-state index contributed by atoms with van der Waals surface area (Å²) in [5, 5.41) is 16.0. The number of rotatable bonds is 7. The van der Waals surface area contributed by atoms with E-state index in [0.29, 0.717) is 5.92 Å². The fourth-order valence-corrected chi connectivity index (χ4v) is 3.81. The van der Waals surface area contributed by atoms with E-state index in [1.165, 1.54) is 17.7 Å². The molecule has 152 valence electrons. The van der Waals surface area contributed by atoms with Gasteiger partial charge in [-0.05, 0) is 65.4 Å². The minimum absolute atomic E-state index is 0.0570. The summed E-state index contributed by atoms with van der Waals surface area (Å²) < 4.78 is 1.00. The molecule has 0 aliphatic heterocycles. The fraction of sp³-hybridized carbons (Fsp3) is 0.174. The second-order valence-corrected chi connectivity index (χ2v) is 8.53. The molecule has 30 heavy (non-hydrogen) atoms. The molecule has 5 nitrogen and oxygen atoms in total. The summed E-state index contributed by atoms with van der Waals surface area (Å²) >= 11 is 9.48. The van der Waals surface area contributed by atoms with E-state index < -0.39 is 4.92 Å². The summed E-state index contributed by atoms with van der Waals surface area (Å²) in [5.41, 5.74) is 4.04. The SMILES string of the molecule is O=[N+]([O-])c1ccc(CO/N=C(/c2ccc(Br)cc2)[C@@H]2C[C@H]2c2ccc(Cl)cc2)cc1. The van der Waals surface area contributed by atoms with Crippen LogP contribution in [-0.2, 0) is 11.4 Å². The van der Waals surface area contributed by atoms with Crippen molar-refractivity contribution in [2.24, 2.45) is 11.1 Å². The standard InChI is InChI=1S/C23H18BrClN2O3/c24-18-7-3-17(4-8-18)23(22-13-21(22)16-5-9-19(25)10-6-16)26-30-14-15-1-11-20(12-2-15)27(28)29/h1-12,21-22H,13-14H2/b26-23-/t21-,22+/m0/s1. The van der Waals surface area contributed by atoms with E-state index in [9.17, 15) is 10.1 Å². The number of nitrogens with zero attached hydrogens (tertiary/aromatic N) is 2. The number of oxime groups is 1. The summed E-state index contributed by atoms with van der Waals surface area (Å²) in [6.45, 7) is 0.246. The second kappa shape index (κ2) is 8.98. The van der Waals surface area contributed by atoms with Crippen molar-refractivity contribution in [2.45, 2.75) is 18.9 Å². The van der Waals surface area contributed by atoms with Crippen LogP contribution in [0, 0.1) is 16.0 Å². The van der Waals surface area contributed by atoms with Crippen LogP contribution in [0.3, 0.4) is 0 Å². The van der Waals surface area contributed by atoms with Crippen LogP contribution in [0.25, 0.3) is 0 Å². The molecule has 1 aliphatic carbocycles. The molecule has 0 unspecified atom stereocenters. The van der Waals surface area contributed by atoms with Gasteiger partial charge in [0.05, 0.1) is 10.6 Å². The first-order chi connectivity index (χ1) is 14.5. The molecule has 0 bridgehead atoms. The van der Waals surface area contributed by atoms with E-state index in [4.69, 9.17) is 16.4 Å². The van der Waals surface area contributed by atoms with E-state index in [0.717, 1.165) is 32.8 Å². The number of benzene rings is 3. The molecule has 0 amide bonds. The van der Waals surface area contributed by atoms with Gasteiger partial charge in [-0.3, -0.25) is 10.1 Å². The zero-order chi connectivity index (χ0) is 21.1. The number of nitro benzene ring substituents is 1. The summed E-state index contributed by atoms with van der Waals surface area (Å²) in [6, 6.07) is 22.3. The highest BCUT2D eigenvalue weighted by molar-refractivity contribution is 9.10. The molecule has 1 fully saturated rings. The molecular formula is C23H18BrClN2O3. The molecule has 2 atom stereocenters. The smallest absolute Gasteiger partial charge is 0.269 e. The van der Waals surface area contributed by atoms with Gasteiger partial charge in [-0.15, -0.1) is 0 Å². The fourth-order valence-electron chi connectivity index (χ4n) is 3.42. The third-order valence-corrected chi connectivity index (χ3v) is 5.90. The molecule has 7 heteroatoms. The Morgan fingerprint density at radius 1 is 1.07 bits per heavy atom. The van der Waals surface area contributed by atoms with Crippen molar-refractivity contribution < 1.29 is 9.76 Å². The van der Waals surface area contributed by atoms with Gasteiger partial charge in [0.25, 0.3) is 5.69 Å². The van der Waals surface area contributed by atoms with Crippen LogP contribution in [0.4, 0.5) is 5.69 Å². The molecule has 1 aliphatic rings. The van der Waals surface area contributed by atoms with Crippen LogP contribution in [0.2, 0.25) is 5.02 Å². The molecule has 0 spiro atoms. The molecule has 0 radical (unpaired) electrons. The lowest BCUT2D eigenvalue weighted by molar-refractivity contribution is -0.384. The molecule has 0 aromatic heterocycles. The van der Waals surface area contributed by atoms with Crippen molar-refractivity contribution >= 4 is 38.9 Å². The van der Waals surface area contributed by atoms with Crippen molar-refractivity contribution in [3.63, 3.8) is 0 Å². The van der Waals surface area contributed by atoms with Gasteiger partial charge in [0.2, 0.25) is 0 Å². The van der Waals surface area contributed by atoms with Crippen molar-refractivity contribution in [1.82, 2.24) is 0 Å². The average molecular weight is 486 g/mol. The number of hydrogen-bond donors (Lipinski definition) is 0. The van der Waals surface area contributed by atoms with Crippen LogP contribution < -0.4 is 0 Å². The maximum Gasteiger partial charge on any atom is 0.269 e. The average Bonchev–Trinajstić information content (AvgIpc) is 3.53. The lowest BCUT2D eigenvalue weighted by Crippen LogP contribution is -2.06. The first kappa shape index (κ1) is 20.6. The summed E-state index contributed by atoms with van der Waals surface area (Å²) in [5.74, 6) is 0.650. The summed E-state index contributed by atoms with van der Waals surface area (Å²) in [4.78, 5) is 16.0. The van der Waals surface area contributed by atoms with E-state index in [2.05, 4.69) is 33.2 Å². The number of nitro groups is 1. The highest BCUT2D eigenvalue weighted by atomic mass is 79.9. The van der Waals surface area contributed by atoms with E-state index in [1.807, 2.05) is 36.4 Å². The van der Waals surface area contributed by atoms with E-state index in [-0.39, 0.29) is 18.2 Å². The Morgan fingerprint density at radius 2 is 1.73 bits per heavy atom. The minimum Gasteiger partial charge on any atom is -0.391 e. The normalized spacial score (nSPS) is 18.1. The topological polar surface area (TPSA) is 64.7 Å². The maximum atomic E-state index is 10.8. The largest absolute Gasteiger partial charge is 0.391 e. The van der Waals surface area contributed by atoms with Crippen molar-refractivity contribution in [2.75, 3.05) is 0 Å². The summed E-state index contributed by atoms with van der Waals surface area (Å²) in [6.07, 6.45) is 0.997. The Labute approximate surface area is 187 Å². The first-order valence-electron chi connectivity index (χ1n) is 9.46. The van der Waals surface area contributed by atoms with Crippen molar-refractivity contribution in [3.8, 4) is 0 Å². The van der Waals surface area contributed by atoms with Gasteiger partial charge in [-0.2, -0.15) is 0 Å². The van der Waals surface area contributed by atoms with Crippen LogP contribution in [0.1, 0.15) is 29.0 Å². The third-order valence-electron chi connectivity index (χ3n) is 5.12. The van der Waals surface area contributed by atoms with Gasteiger partial charge >= 0.3 is 0 Å². The highest BCUT2D eigenvalue weighted by Crippen LogP contribution is 2.49. The minimum atomic E-state index is -0.418. The van der Waals surface area contributed by atoms with Gasteiger partial charge in [0, 0.05) is 27.5 Å². The molecule has 3 aromatic carbocycles. The molecule has 0 saturated heterocycles. The Morgan fingerprint density at radius 3 is 2.37 bits per heavy atom. The predicted octanol–water partition coefficient (Wildman–Crippen LogP) is 6.74. The van der Waals surface area contributed by atoms with Gasteiger partial charge in [0.1, 0.15) is 6.61 Å². The third kappa shape index (κ3) is 4.89. The molecule has 0 heterocycles. The lowest BCUT2D eigenvalue weighted by Gasteiger charge is -2.08. The Kier molecular flexibility index (Phi) is 6.16. The lowest BCUT2D eigenvalue weighted by atomic mass is 10.0. The molecule has 1 saturated carbocycles. The zero-order valence-corrected chi connectivity index (χ0v) is 18.2. The second-order valence-electron chi connectivity index (χ2n) is 7.18. The Hall–Kier alpha value is -2.70. The van der Waals surface area contributed by atoms with Crippen molar-refractivity contribution in [1.29, 1.82) is 0 Å². The first-order valence-corrected chi connectivity index (χ1v) is 10.6. The van der Waals surface area contributed by atoms with Gasteiger partial charge in [0.15, 0.2) is 0 Å². The van der Waals surface area contributed by atoms with Gasteiger partial charge in [-0.1, -0.05) is 57.0 Å². The predicted molar refractivity (Wildman–Crippen MR) is 121 cm³/mol. The van der Waals surface area contributed by atoms with Crippen LogP contribution in [0.15, 0.2) is 82.4 Å². The van der Waals surface area contributed by atoms with Crippen LogP contribution in [0.5, 0.6) is 0 Å². The molecular weight excluding hydrogens is 468 g/mol. The van der Waals surface area contributed by atoms with Crippen LogP contribution >= 0.6 is 27.5 Å². The number of non-ortho nitro benzene ring substituents is 1. The Balaban J connectivity index is 1.51. The van der Waals surface area contributed by atoms with E-state index in [1.54, 1.807) is 12.1 Å². The van der Waals surface area contributed by atoms with Crippen LogP contribution in [-0.4, -0.2) is 10.6 Å². The zero-order valence-electron chi connectivity index (χ0n) is 15.9. The monoisotopic (exact) mass is 484 g/mol. The maximum absolute atomic E-state index is 10.8. The quantitative estimate of drug-likeness (QED) is 0.211. The summed E-state index contributed by atoms with van der Waals surface area (Å²) in [7, 11) is 0. The van der Waals surface area contributed by atoms with Gasteiger partial charge < -0.3 is 4.84 Å². The van der Waals surface area contributed by atoms with Crippen molar-refractivity contribution in [3.05, 3.63) is 109 Å². The van der Waals surface area contributed by atoms with E-state index >= 15 is 0 Å². The molecule has 3 aromatic rings. The number of halogens is 2. The number of hydrogen-bond acceptors (Lipinski definition) is 4.